The molecule has 0 spiro atoms. The monoisotopic (exact) mass is 421 g/mol. The van der Waals surface area contributed by atoms with E-state index >= 15 is 0 Å². The molecule has 0 saturated heterocycles. The summed E-state index contributed by atoms with van der Waals surface area (Å²) in [6.45, 7) is 0. The normalized spacial score (nSPS) is 10.4. The first-order valence-electron chi connectivity index (χ1n) is 8.78. The third kappa shape index (κ3) is 6.02. The molecule has 0 aliphatic heterocycles. The van der Waals surface area contributed by atoms with E-state index in [1.54, 1.807) is 78.9 Å². The van der Waals surface area contributed by atoms with E-state index in [4.69, 9.17) is 16.3 Å². The molecule has 150 valence electrons. The highest BCUT2D eigenvalue weighted by molar-refractivity contribution is 6.39. The fourth-order valence-corrected chi connectivity index (χ4v) is 2.43. The Kier molecular flexibility index (Phi) is 6.91. The predicted octanol–water partition coefficient (Wildman–Crippen LogP) is 3.65. The van der Waals surface area contributed by atoms with Crippen molar-refractivity contribution in [2.75, 3.05) is 5.32 Å². The molecule has 3 rings (SSSR count). The van der Waals surface area contributed by atoms with Gasteiger partial charge in [-0.05, 0) is 66.2 Å². The number of carbonyl (C=O) groups is 3. The molecule has 0 fully saturated rings. The third-order valence-electron chi connectivity index (χ3n) is 3.79. The van der Waals surface area contributed by atoms with Crippen LogP contribution in [0.1, 0.15) is 15.9 Å². The van der Waals surface area contributed by atoms with Crippen LogP contribution < -0.4 is 15.5 Å². The summed E-state index contributed by atoms with van der Waals surface area (Å²) >= 11 is 5.80. The second-order valence-electron chi connectivity index (χ2n) is 5.98. The van der Waals surface area contributed by atoms with Gasteiger partial charge >= 0.3 is 17.8 Å². The van der Waals surface area contributed by atoms with E-state index in [1.165, 1.54) is 6.21 Å². The van der Waals surface area contributed by atoms with Crippen molar-refractivity contribution in [1.29, 1.82) is 0 Å². The molecule has 0 saturated carbocycles. The van der Waals surface area contributed by atoms with Crippen molar-refractivity contribution in [3.8, 4) is 5.75 Å². The van der Waals surface area contributed by atoms with Crippen LogP contribution in [0.25, 0.3) is 0 Å². The summed E-state index contributed by atoms with van der Waals surface area (Å²) in [6.07, 6.45) is 1.36. The number of hydrogen-bond donors (Lipinski definition) is 2. The minimum atomic E-state index is -0.899. The fourth-order valence-electron chi connectivity index (χ4n) is 2.30. The minimum absolute atomic E-state index is 0.346. The Morgan fingerprint density at radius 2 is 1.50 bits per heavy atom. The zero-order chi connectivity index (χ0) is 21.3. The number of nitrogens with one attached hydrogen (secondary N) is 2. The molecule has 0 unspecified atom stereocenters. The molecule has 0 heterocycles. The molecule has 0 aliphatic rings. The molecule has 7 nitrogen and oxygen atoms in total. The summed E-state index contributed by atoms with van der Waals surface area (Å²) in [5.41, 5.74) is 3.66. The predicted molar refractivity (Wildman–Crippen MR) is 114 cm³/mol. The van der Waals surface area contributed by atoms with Crippen LogP contribution in [0.3, 0.4) is 0 Å². The number of benzene rings is 3. The minimum Gasteiger partial charge on any atom is -0.423 e. The smallest absolute Gasteiger partial charge is 0.343 e. The van der Waals surface area contributed by atoms with Crippen molar-refractivity contribution in [2.45, 2.75) is 0 Å². The molecule has 0 aliphatic carbocycles. The molecule has 2 amide bonds. The van der Waals surface area contributed by atoms with Crippen LogP contribution in [0.2, 0.25) is 5.02 Å². The van der Waals surface area contributed by atoms with Gasteiger partial charge in [-0.2, -0.15) is 5.10 Å². The number of hydrazone groups is 1. The van der Waals surface area contributed by atoms with Gasteiger partial charge in [-0.15, -0.1) is 0 Å². The van der Waals surface area contributed by atoms with Gasteiger partial charge in [0.15, 0.2) is 0 Å². The van der Waals surface area contributed by atoms with E-state index < -0.39 is 17.8 Å². The number of nitrogens with zero attached hydrogens (tertiary/aromatic N) is 1. The number of esters is 1. The van der Waals surface area contributed by atoms with E-state index in [-0.39, 0.29) is 0 Å². The van der Waals surface area contributed by atoms with Gasteiger partial charge in [0.2, 0.25) is 0 Å². The molecular weight excluding hydrogens is 406 g/mol. The maximum atomic E-state index is 12.1. The fraction of sp³-hybridized carbons (Fsp3) is 0. The Morgan fingerprint density at radius 1 is 0.833 bits per heavy atom. The van der Waals surface area contributed by atoms with Crippen molar-refractivity contribution < 1.29 is 19.1 Å². The van der Waals surface area contributed by atoms with Crippen LogP contribution in [-0.2, 0) is 9.59 Å². The second-order valence-corrected chi connectivity index (χ2v) is 6.42. The van der Waals surface area contributed by atoms with Gasteiger partial charge in [0.25, 0.3) is 0 Å². The van der Waals surface area contributed by atoms with Gasteiger partial charge in [0, 0.05) is 10.7 Å². The molecule has 2 N–H and O–H groups in total. The number of carbonyl (C=O) groups excluding carboxylic acids is 3. The lowest BCUT2D eigenvalue weighted by Gasteiger charge is -2.05. The van der Waals surface area contributed by atoms with Crippen LogP contribution >= 0.6 is 11.6 Å². The topological polar surface area (TPSA) is 96.9 Å². The highest BCUT2D eigenvalue weighted by Gasteiger charge is 2.12. The van der Waals surface area contributed by atoms with Gasteiger partial charge in [-0.25, -0.2) is 10.2 Å². The molecular formula is C22H16ClN3O4. The number of hydrogen-bond acceptors (Lipinski definition) is 5. The van der Waals surface area contributed by atoms with Crippen LogP contribution in [0.5, 0.6) is 5.75 Å². The highest BCUT2D eigenvalue weighted by Crippen LogP contribution is 2.15. The van der Waals surface area contributed by atoms with Crippen LogP contribution in [-0.4, -0.2) is 24.0 Å². The Balaban J connectivity index is 1.50. The molecule has 3 aromatic carbocycles. The lowest BCUT2D eigenvalue weighted by atomic mass is 10.2. The Hall–Kier alpha value is -3.97. The average molecular weight is 422 g/mol. The van der Waals surface area contributed by atoms with E-state index in [1.807, 2.05) is 0 Å². The lowest BCUT2D eigenvalue weighted by Crippen LogP contribution is -2.32. The number of anilines is 1. The maximum absolute atomic E-state index is 12.1. The van der Waals surface area contributed by atoms with E-state index in [0.29, 0.717) is 27.6 Å². The Bertz CT molecular complexity index is 1070. The second kappa shape index (κ2) is 9.99. The zero-order valence-corrected chi connectivity index (χ0v) is 16.3. The number of amides is 2. The van der Waals surface area contributed by atoms with Gasteiger partial charge in [-0.1, -0.05) is 29.8 Å². The van der Waals surface area contributed by atoms with Crippen molar-refractivity contribution in [2.24, 2.45) is 5.10 Å². The van der Waals surface area contributed by atoms with Gasteiger partial charge in [0.05, 0.1) is 11.8 Å². The first-order chi connectivity index (χ1) is 14.5. The van der Waals surface area contributed by atoms with E-state index in [0.717, 1.165) is 0 Å². The lowest BCUT2D eigenvalue weighted by molar-refractivity contribution is -0.136. The number of halogens is 1. The largest absolute Gasteiger partial charge is 0.423 e. The summed E-state index contributed by atoms with van der Waals surface area (Å²) in [6, 6.07) is 21.4. The number of rotatable bonds is 5. The van der Waals surface area contributed by atoms with Crippen LogP contribution in [0, 0.1) is 0 Å². The molecule has 3 aromatic rings. The maximum Gasteiger partial charge on any atom is 0.343 e. The van der Waals surface area contributed by atoms with Gasteiger partial charge < -0.3 is 10.1 Å². The standard InChI is InChI=1S/C22H16ClN3O4/c23-17-10-8-16(9-11-17)22(29)30-19-12-6-15(7-13-19)14-24-26-21(28)20(27)25-18-4-2-1-3-5-18/h1-14H,(H,25,27)(H,26,28)/b24-14+. The van der Waals surface area contributed by atoms with E-state index in [9.17, 15) is 14.4 Å². The van der Waals surface area contributed by atoms with Crippen molar-refractivity contribution in [1.82, 2.24) is 5.43 Å². The number of ether oxygens (including phenoxy) is 1. The van der Waals surface area contributed by atoms with E-state index in [2.05, 4.69) is 15.8 Å². The van der Waals surface area contributed by atoms with Crippen LogP contribution in [0.4, 0.5) is 5.69 Å². The summed E-state index contributed by atoms with van der Waals surface area (Å²) in [4.78, 5) is 35.6. The highest BCUT2D eigenvalue weighted by atomic mass is 35.5. The van der Waals surface area contributed by atoms with Crippen molar-refractivity contribution >= 4 is 41.3 Å². The molecule has 30 heavy (non-hydrogen) atoms. The molecule has 0 bridgehead atoms. The molecule has 0 atom stereocenters. The van der Waals surface area contributed by atoms with Crippen molar-refractivity contribution in [3.05, 3.63) is 95.0 Å². The molecule has 0 aromatic heterocycles. The summed E-state index contributed by atoms with van der Waals surface area (Å²) in [5, 5.41) is 6.72. The van der Waals surface area contributed by atoms with Gasteiger partial charge in [0.1, 0.15) is 5.75 Å². The SMILES string of the molecule is O=C(N/N=C/c1ccc(OC(=O)c2ccc(Cl)cc2)cc1)C(=O)Nc1ccccc1. The first-order valence-corrected chi connectivity index (χ1v) is 9.16. The summed E-state index contributed by atoms with van der Waals surface area (Å²) < 4.78 is 5.28. The average Bonchev–Trinajstić information content (AvgIpc) is 2.76. The van der Waals surface area contributed by atoms with Crippen LogP contribution in [0.15, 0.2) is 84.0 Å². The number of para-hydroxylation sites is 1. The quantitative estimate of drug-likeness (QED) is 0.216. The zero-order valence-electron chi connectivity index (χ0n) is 15.5. The summed E-state index contributed by atoms with van der Waals surface area (Å²) in [7, 11) is 0. The Labute approximate surface area is 177 Å². The Morgan fingerprint density at radius 3 is 2.17 bits per heavy atom. The summed E-state index contributed by atoms with van der Waals surface area (Å²) in [5.74, 6) is -1.89. The third-order valence-corrected chi connectivity index (χ3v) is 4.04. The van der Waals surface area contributed by atoms with Crippen molar-refractivity contribution in [3.63, 3.8) is 0 Å². The molecule has 0 radical (unpaired) electrons. The van der Waals surface area contributed by atoms with Gasteiger partial charge in [-0.3, -0.25) is 9.59 Å². The first kappa shape index (κ1) is 20.8. The molecule has 8 heteroatoms.